The van der Waals surface area contributed by atoms with Crippen molar-refractivity contribution >= 4 is 5.69 Å². The second-order valence-corrected chi connectivity index (χ2v) is 9.99. The van der Waals surface area contributed by atoms with Crippen molar-refractivity contribution in [3.8, 4) is 28.6 Å². The van der Waals surface area contributed by atoms with E-state index in [1.165, 1.54) is 12.1 Å². The van der Waals surface area contributed by atoms with E-state index in [1.54, 1.807) is 24.3 Å². The normalized spacial score (nSPS) is 10.8. The van der Waals surface area contributed by atoms with Crippen LogP contribution in [-0.2, 0) is 25.7 Å². The highest BCUT2D eigenvalue weighted by molar-refractivity contribution is 5.65. The number of unbranched alkanes of at least 4 members (excludes halogenated alkanes) is 1. The summed E-state index contributed by atoms with van der Waals surface area (Å²) in [4.78, 5) is 12.8. The van der Waals surface area contributed by atoms with Crippen LogP contribution in [0.25, 0.3) is 27.4 Å². The van der Waals surface area contributed by atoms with Crippen LogP contribution in [0.1, 0.15) is 67.6 Å². The van der Waals surface area contributed by atoms with Crippen LogP contribution >= 0.6 is 0 Å². The first-order valence-electron chi connectivity index (χ1n) is 13.8. The summed E-state index contributed by atoms with van der Waals surface area (Å²) in [5.41, 5.74) is 6.64. The number of nitriles is 1. The SMILES string of the molecule is [C-]#[N+]c1ccc(-c2cc(CCC)cc(CCCCc3cc(CCC)cc(-c4ccc(C#N)cc4F)n3)n2)c(F)c1. The highest BCUT2D eigenvalue weighted by atomic mass is 19.1. The lowest BCUT2D eigenvalue weighted by Gasteiger charge is -2.11. The van der Waals surface area contributed by atoms with Gasteiger partial charge in [0.15, 0.2) is 5.69 Å². The monoisotopic (exact) mass is 534 g/mol. The van der Waals surface area contributed by atoms with Gasteiger partial charge in [-0.15, -0.1) is 0 Å². The van der Waals surface area contributed by atoms with Crippen molar-refractivity contribution in [2.24, 2.45) is 0 Å². The Balaban J connectivity index is 1.50. The topological polar surface area (TPSA) is 53.9 Å². The van der Waals surface area contributed by atoms with Crippen LogP contribution in [0, 0.1) is 29.5 Å². The van der Waals surface area contributed by atoms with Crippen molar-refractivity contribution in [1.29, 1.82) is 5.26 Å². The molecule has 0 spiro atoms. The van der Waals surface area contributed by atoms with Crippen molar-refractivity contribution < 1.29 is 8.78 Å². The van der Waals surface area contributed by atoms with Gasteiger partial charge in [-0.2, -0.15) is 5.26 Å². The van der Waals surface area contributed by atoms with Crippen molar-refractivity contribution in [2.45, 2.75) is 65.2 Å². The summed E-state index contributed by atoms with van der Waals surface area (Å²) in [6.07, 6.45) is 6.96. The van der Waals surface area contributed by atoms with E-state index < -0.39 is 11.6 Å². The van der Waals surface area contributed by atoms with E-state index in [0.717, 1.165) is 73.9 Å². The van der Waals surface area contributed by atoms with Gasteiger partial charge in [-0.05, 0) is 98.2 Å². The number of hydrogen-bond donors (Lipinski definition) is 0. The van der Waals surface area contributed by atoms with Crippen molar-refractivity contribution in [2.75, 3.05) is 0 Å². The van der Waals surface area contributed by atoms with Crippen LogP contribution < -0.4 is 0 Å². The molecule has 2 aromatic carbocycles. The summed E-state index contributed by atoms with van der Waals surface area (Å²) in [5.74, 6) is -0.881. The molecule has 0 atom stereocenters. The number of nitrogens with zero attached hydrogens (tertiary/aromatic N) is 4. The van der Waals surface area contributed by atoms with Gasteiger partial charge in [0.1, 0.15) is 11.6 Å². The Kier molecular flexibility index (Phi) is 9.71. The lowest BCUT2D eigenvalue weighted by atomic mass is 10.0. The van der Waals surface area contributed by atoms with Gasteiger partial charge in [0.25, 0.3) is 0 Å². The third-order valence-corrected chi connectivity index (χ3v) is 6.80. The summed E-state index contributed by atoms with van der Waals surface area (Å²) in [6.45, 7) is 11.3. The average molecular weight is 535 g/mol. The average Bonchev–Trinajstić information content (AvgIpc) is 2.95. The Morgan fingerprint density at radius 2 is 1.25 bits per heavy atom. The summed E-state index contributed by atoms with van der Waals surface area (Å²) < 4.78 is 29.5. The molecule has 6 heteroatoms. The molecule has 0 amide bonds. The van der Waals surface area contributed by atoms with Gasteiger partial charge in [-0.1, -0.05) is 38.8 Å². The van der Waals surface area contributed by atoms with E-state index in [1.807, 2.05) is 18.2 Å². The summed E-state index contributed by atoms with van der Waals surface area (Å²) in [5, 5.41) is 9.07. The van der Waals surface area contributed by atoms with Crippen LogP contribution in [-0.4, -0.2) is 9.97 Å². The van der Waals surface area contributed by atoms with E-state index in [9.17, 15) is 8.78 Å². The van der Waals surface area contributed by atoms with Crippen molar-refractivity contribution in [1.82, 2.24) is 9.97 Å². The first kappa shape index (κ1) is 28.6. The lowest BCUT2D eigenvalue weighted by Crippen LogP contribution is -2.00. The van der Waals surface area contributed by atoms with Gasteiger partial charge in [0.05, 0.1) is 29.6 Å². The highest BCUT2D eigenvalue weighted by Crippen LogP contribution is 2.28. The molecule has 4 nitrogen and oxygen atoms in total. The van der Waals surface area contributed by atoms with Gasteiger partial charge < -0.3 is 0 Å². The fourth-order valence-electron chi connectivity index (χ4n) is 4.89. The number of halogens is 2. The Hall–Kier alpha value is -4.42. The number of pyridine rings is 2. The molecule has 2 aromatic heterocycles. The number of aromatic nitrogens is 2. The predicted octanol–water partition coefficient (Wildman–Crippen LogP) is 8.98. The minimum Gasteiger partial charge on any atom is -0.253 e. The molecule has 202 valence electrons. The largest absolute Gasteiger partial charge is 0.253 e. The van der Waals surface area contributed by atoms with Gasteiger partial charge in [-0.25, -0.2) is 13.6 Å². The first-order valence-corrected chi connectivity index (χ1v) is 13.8. The minimum atomic E-state index is -0.444. The maximum absolute atomic E-state index is 14.7. The van der Waals surface area contributed by atoms with E-state index in [2.05, 4.69) is 30.8 Å². The molecular weight excluding hydrogens is 502 g/mol. The molecule has 2 heterocycles. The quantitative estimate of drug-likeness (QED) is 0.143. The Bertz CT molecular complexity index is 1460. The molecule has 4 aromatic rings. The van der Waals surface area contributed by atoms with Gasteiger partial charge in [0, 0.05) is 22.5 Å². The van der Waals surface area contributed by atoms with Crippen LogP contribution in [0.2, 0.25) is 0 Å². The third kappa shape index (κ3) is 7.16. The zero-order chi connectivity index (χ0) is 28.5. The number of benzene rings is 2. The molecule has 0 saturated carbocycles. The van der Waals surface area contributed by atoms with Crippen LogP contribution in [0.3, 0.4) is 0 Å². The Morgan fingerprint density at radius 1 is 0.725 bits per heavy atom. The molecular formula is C34H32F2N4. The molecule has 0 unspecified atom stereocenters. The van der Waals surface area contributed by atoms with Gasteiger partial charge in [0.2, 0.25) is 0 Å². The summed E-state index contributed by atoms with van der Waals surface area (Å²) >= 11 is 0. The van der Waals surface area contributed by atoms with Gasteiger partial charge in [-0.3, -0.25) is 9.97 Å². The molecule has 0 N–H and O–H groups in total. The minimum absolute atomic E-state index is 0.271. The molecule has 0 fully saturated rings. The maximum atomic E-state index is 14.7. The molecule has 0 saturated heterocycles. The smallest absolute Gasteiger partial charge is 0.190 e. The molecule has 0 aliphatic heterocycles. The van der Waals surface area contributed by atoms with E-state index in [4.69, 9.17) is 21.8 Å². The molecule has 4 rings (SSSR count). The van der Waals surface area contributed by atoms with Crippen LogP contribution in [0.5, 0.6) is 0 Å². The zero-order valence-electron chi connectivity index (χ0n) is 23.0. The molecule has 0 aliphatic carbocycles. The second-order valence-electron chi connectivity index (χ2n) is 9.99. The van der Waals surface area contributed by atoms with E-state index in [0.29, 0.717) is 22.5 Å². The Labute approximate surface area is 235 Å². The van der Waals surface area contributed by atoms with E-state index in [-0.39, 0.29) is 11.3 Å². The molecule has 0 bridgehead atoms. The fraction of sp³-hybridized carbons (Fsp3) is 0.294. The van der Waals surface area contributed by atoms with Crippen LogP contribution in [0.15, 0.2) is 60.7 Å². The molecule has 0 radical (unpaired) electrons. The highest BCUT2D eigenvalue weighted by Gasteiger charge is 2.13. The predicted molar refractivity (Wildman–Crippen MR) is 155 cm³/mol. The molecule has 40 heavy (non-hydrogen) atoms. The second kappa shape index (κ2) is 13.6. The number of rotatable bonds is 11. The van der Waals surface area contributed by atoms with E-state index >= 15 is 0 Å². The third-order valence-electron chi connectivity index (χ3n) is 6.80. The summed E-state index contributed by atoms with van der Waals surface area (Å²) in [6, 6.07) is 19.1. The standard InChI is InChI=1S/C34H32F2N4/c1-4-8-23-16-27(39-33(19-23)29-14-12-25(22-37)18-31(29)35)10-6-7-11-28-17-24(9-5-2)20-34(40-28)30-15-13-26(38-3)21-32(30)36/h12-21H,4-11H2,1-2H3. The number of aryl methyl sites for hydroxylation is 4. The van der Waals surface area contributed by atoms with Crippen molar-refractivity contribution in [3.63, 3.8) is 0 Å². The number of hydrogen-bond acceptors (Lipinski definition) is 3. The van der Waals surface area contributed by atoms with Crippen LogP contribution in [0.4, 0.5) is 14.5 Å². The lowest BCUT2D eigenvalue weighted by molar-refractivity contribution is 0.629. The molecule has 0 aliphatic rings. The summed E-state index contributed by atoms with van der Waals surface area (Å²) in [7, 11) is 0. The zero-order valence-corrected chi connectivity index (χ0v) is 23.0. The maximum Gasteiger partial charge on any atom is 0.190 e. The Morgan fingerprint density at radius 3 is 1.70 bits per heavy atom. The van der Waals surface area contributed by atoms with Crippen molar-refractivity contribution in [3.05, 3.63) is 112 Å². The first-order chi connectivity index (χ1) is 19.4. The fourth-order valence-corrected chi connectivity index (χ4v) is 4.89. The van der Waals surface area contributed by atoms with Gasteiger partial charge >= 0.3 is 0 Å².